The molecule has 0 fully saturated rings. The zero-order chi connectivity index (χ0) is 34.9. The van der Waals surface area contributed by atoms with Crippen LogP contribution in [0.25, 0.3) is 16.9 Å². The van der Waals surface area contributed by atoms with Gasteiger partial charge in [0.05, 0.1) is 17.9 Å². The summed E-state index contributed by atoms with van der Waals surface area (Å²) in [6.45, 7) is 2.52. The predicted molar refractivity (Wildman–Crippen MR) is 180 cm³/mol. The number of imidazole rings is 1. The molecule has 0 radical (unpaired) electrons. The molecule has 5 rings (SSSR count). The zero-order valence-corrected chi connectivity index (χ0v) is 26.5. The smallest absolute Gasteiger partial charge is 0.251 e. The summed E-state index contributed by atoms with van der Waals surface area (Å²) in [5, 5.41) is 8.68. The van der Waals surface area contributed by atoms with Crippen molar-refractivity contribution in [2.24, 2.45) is 22.2 Å². The van der Waals surface area contributed by atoms with Crippen molar-refractivity contribution in [1.82, 2.24) is 30.0 Å². The molecule has 254 valence electrons. The van der Waals surface area contributed by atoms with Crippen LogP contribution in [0.5, 0.6) is 11.6 Å². The first-order valence-corrected chi connectivity index (χ1v) is 15.3. The van der Waals surface area contributed by atoms with Gasteiger partial charge in [0.1, 0.15) is 0 Å². The lowest BCUT2D eigenvalue weighted by molar-refractivity contribution is -0.122. The van der Waals surface area contributed by atoms with Crippen molar-refractivity contribution in [1.29, 1.82) is 0 Å². The fourth-order valence-electron chi connectivity index (χ4n) is 4.91. The van der Waals surface area contributed by atoms with Crippen LogP contribution in [-0.2, 0) is 11.2 Å². The highest BCUT2D eigenvalue weighted by atomic mass is 19.2. The lowest BCUT2D eigenvalue weighted by Gasteiger charge is -2.14. The molecule has 2 aromatic carbocycles. The molecule has 3 aromatic heterocycles. The van der Waals surface area contributed by atoms with Crippen LogP contribution >= 0.6 is 0 Å². The van der Waals surface area contributed by atoms with E-state index in [0.717, 1.165) is 5.56 Å². The van der Waals surface area contributed by atoms with E-state index in [1.165, 1.54) is 36.8 Å². The number of pyridine rings is 1. The molecule has 3 heterocycles. The van der Waals surface area contributed by atoms with Crippen LogP contribution in [0.3, 0.4) is 0 Å². The summed E-state index contributed by atoms with van der Waals surface area (Å²) in [4.78, 5) is 41.7. The Labute approximate surface area is 279 Å². The number of ether oxygens (including phenoxy) is 1. The standard InChI is InChI=1S/C33H35F2N11O3/c1-2-19-17-20(6-7-21(19)31(47)41-13-14-42-32(48)23(36)10-12-43-33(37)38)45-29-30-44-18-24(46(30)16-15-40-29)22-8-9-25(28(35)27(22)34)49-26-5-3-4-11-39-26/h3-9,11,15-18,23H,2,10,12-14,36H2,1H3,(H,40,45)(H,41,47)(H,42,48)(H4,37,38,43). The minimum Gasteiger partial charge on any atom is -0.436 e. The first-order valence-electron chi connectivity index (χ1n) is 15.3. The van der Waals surface area contributed by atoms with Gasteiger partial charge in [-0.15, -0.1) is 0 Å². The minimum absolute atomic E-state index is 0.0237. The second-order valence-electron chi connectivity index (χ2n) is 10.7. The Bertz CT molecular complexity index is 1980. The van der Waals surface area contributed by atoms with Gasteiger partial charge < -0.3 is 37.9 Å². The summed E-state index contributed by atoms with van der Waals surface area (Å²) in [5.41, 5.74) is 18.9. The van der Waals surface area contributed by atoms with Crippen LogP contribution in [0.15, 0.2) is 78.3 Å². The van der Waals surface area contributed by atoms with E-state index >= 15 is 8.78 Å². The van der Waals surface area contributed by atoms with Gasteiger partial charge in [-0.05, 0) is 54.8 Å². The molecule has 5 aromatic rings. The van der Waals surface area contributed by atoms with Gasteiger partial charge >= 0.3 is 0 Å². The molecule has 0 aliphatic carbocycles. The number of nitrogens with two attached hydrogens (primary N) is 3. The molecule has 9 N–H and O–H groups in total. The fraction of sp³-hybridized carbons (Fsp3) is 0.212. The van der Waals surface area contributed by atoms with E-state index in [9.17, 15) is 9.59 Å². The number of carbonyl (C=O) groups is 2. The average molecular weight is 672 g/mol. The van der Waals surface area contributed by atoms with Gasteiger partial charge in [0, 0.05) is 61.1 Å². The van der Waals surface area contributed by atoms with Crippen LogP contribution in [0.1, 0.15) is 29.3 Å². The normalized spacial score (nSPS) is 11.5. The molecule has 0 aliphatic rings. The third-order valence-corrected chi connectivity index (χ3v) is 7.38. The Kier molecular flexibility index (Phi) is 10.9. The number of rotatable bonds is 14. The number of hydrogen-bond donors (Lipinski definition) is 6. The number of nitrogens with zero attached hydrogens (tertiary/aromatic N) is 5. The van der Waals surface area contributed by atoms with Crippen molar-refractivity contribution in [2.45, 2.75) is 25.8 Å². The van der Waals surface area contributed by atoms with E-state index in [2.05, 4.69) is 35.9 Å². The maximum absolute atomic E-state index is 15.3. The molecule has 49 heavy (non-hydrogen) atoms. The highest BCUT2D eigenvalue weighted by Gasteiger charge is 2.21. The molecule has 16 heteroatoms. The van der Waals surface area contributed by atoms with Gasteiger partial charge in [0.15, 0.2) is 29.0 Å². The van der Waals surface area contributed by atoms with E-state index < -0.39 is 17.7 Å². The second-order valence-corrected chi connectivity index (χ2v) is 10.7. The summed E-state index contributed by atoms with van der Waals surface area (Å²) in [5.74, 6) is -2.83. The van der Waals surface area contributed by atoms with Gasteiger partial charge in [-0.25, -0.2) is 19.3 Å². The molecule has 0 spiro atoms. The van der Waals surface area contributed by atoms with Crippen molar-refractivity contribution in [3.05, 3.63) is 96.1 Å². The maximum Gasteiger partial charge on any atom is 0.251 e. The summed E-state index contributed by atoms with van der Waals surface area (Å²) >= 11 is 0. The van der Waals surface area contributed by atoms with Crippen molar-refractivity contribution < 1.29 is 23.1 Å². The third-order valence-electron chi connectivity index (χ3n) is 7.38. The molecule has 14 nitrogen and oxygen atoms in total. The highest BCUT2D eigenvalue weighted by molar-refractivity contribution is 5.96. The number of amides is 2. The van der Waals surface area contributed by atoms with Crippen LogP contribution in [0.2, 0.25) is 0 Å². The Morgan fingerprint density at radius 3 is 2.57 bits per heavy atom. The number of hydrogen-bond acceptors (Lipinski definition) is 9. The number of benzene rings is 2. The topological polar surface area (TPSA) is 213 Å². The van der Waals surface area contributed by atoms with Crippen LogP contribution < -0.4 is 37.9 Å². The fourth-order valence-corrected chi connectivity index (χ4v) is 4.91. The van der Waals surface area contributed by atoms with Crippen molar-refractivity contribution in [3.8, 4) is 22.9 Å². The number of fused-ring (bicyclic) bond motifs is 1. The Hall–Kier alpha value is -6.16. The minimum atomic E-state index is -1.16. The first kappa shape index (κ1) is 34.2. The quantitative estimate of drug-likeness (QED) is 0.0577. The molecular weight excluding hydrogens is 636 g/mol. The summed E-state index contributed by atoms with van der Waals surface area (Å²) < 4.78 is 37.3. The summed E-state index contributed by atoms with van der Waals surface area (Å²) in [7, 11) is 0. The van der Waals surface area contributed by atoms with E-state index in [1.807, 2.05) is 13.0 Å². The van der Waals surface area contributed by atoms with Crippen LogP contribution in [-0.4, -0.2) is 62.8 Å². The lowest BCUT2D eigenvalue weighted by Crippen LogP contribution is -2.44. The zero-order valence-electron chi connectivity index (χ0n) is 26.5. The predicted octanol–water partition coefficient (Wildman–Crippen LogP) is 3.00. The number of aromatic nitrogens is 4. The number of aliphatic imine (C=N–C) groups is 1. The second kappa shape index (κ2) is 15.6. The molecular formula is C33H35F2N11O3. The third kappa shape index (κ3) is 8.23. The Balaban J connectivity index is 1.24. The molecule has 1 unspecified atom stereocenters. The Morgan fingerprint density at radius 2 is 1.82 bits per heavy atom. The van der Waals surface area contributed by atoms with Crippen molar-refractivity contribution in [2.75, 3.05) is 25.0 Å². The number of guanidine groups is 1. The Morgan fingerprint density at radius 1 is 1.00 bits per heavy atom. The van der Waals surface area contributed by atoms with Crippen molar-refractivity contribution >= 4 is 34.9 Å². The van der Waals surface area contributed by atoms with Gasteiger partial charge in [-0.2, -0.15) is 4.39 Å². The molecule has 2 amide bonds. The van der Waals surface area contributed by atoms with Crippen LogP contribution in [0.4, 0.5) is 20.3 Å². The highest BCUT2D eigenvalue weighted by Crippen LogP contribution is 2.33. The van der Waals surface area contributed by atoms with Gasteiger partial charge in [-0.1, -0.05) is 13.0 Å². The monoisotopic (exact) mass is 671 g/mol. The molecule has 0 saturated heterocycles. The SMILES string of the molecule is CCc1cc(Nc2nccn3c(-c4ccc(Oc5ccccn5)c(F)c4F)cnc23)ccc1C(=O)NCCNC(=O)C(N)CCN=C(N)N. The number of carbonyl (C=O) groups excluding carboxylic acids is 2. The molecule has 1 atom stereocenters. The van der Waals surface area contributed by atoms with E-state index in [1.54, 1.807) is 34.9 Å². The molecule has 0 bridgehead atoms. The maximum atomic E-state index is 15.3. The van der Waals surface area contributed by atoms with Gasteiger partial charge in [-0.3, -0.25) is 19.0 Å². The molecule has 0 aliphatic heterocycles. The number of halogens is 2. The van der Waals surface area contributed by atoms with Gasteiger partial charge in [0.25, 0.3) is 5.91 Å². The number of nitrogens with one attached hydrogen (secondary N) is 3. The average Bonchev–Trinajstić information content (AvgIpc) is 3.53. The van der Waals surface area contributed by atoms with Crippen molar-refractivity contribution in [3.63, 3.8) is 0 Å². The van der Waals surface area contributed by atoms with E-state index in [0.29, 0.717) is 34.8 Å². The van der Waals surface area contributed by atoms with Crippen LogP contribution in [0, 0.1) is 11.6 Å². The first-order chi connectivity index (χ1) is 23.7. The summed E-state index contributed by atoms with van der Waals surface area (Å²) in [6, 6.07) is 12.1. The van der Waals surface area contributed by atoms with Gasteiger partial charge in [0.2, 0.25) is 17.6 Å². The van der Waals surface area contributed by atoms with E-state index in [4.69, 9.17) is 21.9 Å². The molecule has 0 saturated carbocycles. The van der Waals surface area contributed by atoms with E-state index in [-0.39, 0.29) is 61.0 Å². The lowest BCUT2D eigenvalue weighted by atomic mass is 10.0. The largest absolute Gasteiger partial charge is 0.436 e. The number of anilines is 2. The summed E-state index contributed by atoms with van der Waals surface area (Å²) in [6.07, 6.45) is 6.83. The number of aryl methyl sites for hydroxylation is 1.